The van der Waals surface area contributed by atoms with Crippen LogP contribution < -0.4 is 0 Å². The zero-order valence-electron chi connectivity index (χ0n) is 11.3. The molecule has 0 saturated heterocycles. The number of nitrogens with zero attached hydrogens (tertiary/aromatic N) is 1. The minimum absolute atomic E-state index is 0.222. The highest BCUT2D eigenvalue weighted by atomic mass is 79.9. The molecule has 0 atom stereocenters. The van der Waals surface area contributed by atoms with Gasteiger partial charge in [-0.1, -0.05) is 28.1 Å². The Balaban J connectivity index is 2.19. The number of hydrogen-bond donors (Lipinski definition) is 0. The lowest BCUT2D eigenvalue weighted by Gasteiger charge is -2.27. The Morgan fingerprint density at radius 3 is 3.00 bits per heavy atom. The average molecular weight is 324 g/mol. The first kappa shape index (κ1) is 14.1. The number of rotatable bonds is 2. The van der Waals surface area contributed by atoms with E-state index in [-0.39, 0.29) is 6.09 Å². The summed E-state index contributed by atoms with van der Waals surface area (Å²) in [7, 11) is 0. The molecular formula is C15H18BrNO2. The summed E-state index contributed by atoms with van der Waals surface area (Å²) in [6.07, 6.45) is 2.87. The Kier molecular flexibility index (Phi) is 4.64. The Morgan fingerprint density at radius 2 is 2.26 bits per heavy atom. The van der Waals surface area contributed by atoms with Crippen LogP contribution in [0.3, 0.4) is 0 Å². The molecule has 1 amide bonds. The smallest absolute Gasteiger partial charge is 0.410 e. The van der Waals surface area contributed by atoms with Crippen molar-refractivity contribution in [1.82, 2.24) is 4.90 Å². The molecule has 0 aromatic heterocycles. The minimum Gasteiger partial charge on any atom is -0.450 e. The van der Waals surface area contributed by atoms with Gasteiger partial charge in [-0.25, -0.2) is 4.79 Å². The van der Waals surface area contributed by atoms with Crippen LogP contribution in [0, 0.1) is 6.92 Å². The van der Waals surface area contributed by atoms with Crippen LogP contribution in [-0.2, 0) is 4.74 Å². The average Bonchev–Trinajstić information content (AvgIpc) is 2.42. The largest absolute Gasteiger partial charge is 0.450 e. The molecule has 2 rings (SSSR count). The molecule has 102 valence electrons. The molecule has 4 heteroatoms. The van der Waals surface area contributed by atoms with Gasteiger partial charge in [0.05, 0.1) is 6.61 Å². The zero-order chi connectivity index (χ0) is 13.8. The second-order valence-electron chi connectivity index (χ2n) is 4.60. The molecule has 19 heavy (non-hydrogen) atoms. The van der Waals surface area contributed by atoms with Crippen molar-refractivity contribution in [3.05, 3.63) is 39.9 Å². The van der Waals surface area contributed by atoms with Crippen LogP contribution in [0.5, 0.6) is 0 Å². The van der Waals surface area contributed by atoms with E-state index >= 15 is 0 Å². The first-order chi connectivity index (χ1) is 9.11. The molecule has 0 radical (unpaired) electrons. The summed E-state index contributed by atoms with van der Waals surface area (Å²) < 4.78 is 6.13. The number of carbonyl (C=O) groups is 1. The van der Waals surface area contributed by atoms with Crippen LogP contribution in [0.4, 0.5) is 4.79 Å². The van der Waals surface area contributed by atoms with Crippen molar-refractivity contribution in [3.8, 4) is 0 Å². The Morgan fingerprint density at radius 1 is 1.47 bits per heavy atom. The second kappa shape index (κ2) is 6.24. The zero-order valence-corrected chi connectivity index (χ0v) is 12.9. The Bertz CT molecular complexity index is 511. The minimum atomic E-state index is -0.222. The lowest BCUT2D eigenvalue weighted by Crippen LogP contribution is -2.36. The highest BCUT2D eigenvalue weighted by Gasteiger charge is 2.20. The van der Waals surface area contributed by atoms with Gasteiger partial charge >= 0.3 is 6.09 Å². The highest BCUT2D eigenvalue weighted by molar-refractivity contribution is 9.10. The van der Waals surface area contributed by atoms with Gasteiger partial charge in [0.15, 0.2) is 0 Å². The van der Waals surface area contributed by atoms with Crippen molar-refractivity contribution in [3.63, 3.8) is 0 Å². The topological polar surface area (TPSA) is 29.5 Å². The fourth-order valence-electron chi connectivity index (χ4n) is 2.25. The van der Waals surface area contributed by atoms with Crippen LogP contribution in [0.25, 0.3) is 5.57 Å². The molecule has 3 nitrogen and oxygen atoms in total. The molecule has 1 aliphatic heterocycles. The van der Waals surface area contributed by atoms with E-state index in [1.807, 2.05) is 13.0 Å². The van der Waals surface area contributed by atoms with E-state index < -0.39 is 0 Å². The summed E-state index contributed by atoms with van der Waals surface area (Å²) >= 11 is 3.50. The number of ether oxygens (including phenoxy) is 1. The lowest BCUT2D eigenvalue weighted by molar-refractivity contribution is 0.111. The third kappa shape index (κ3) is 3.38. The quantitative estimate of drug-likeness (QED) is 0.823. The number of amides is 1. The summed E-state index contributed by atoms with van der Waals surface area (Å²) in [5.74, 6) is 0. The monoisotopic (exact) mass is 323 g/mol. The number of aryl methyl sites for hydroxylation is 1. The first-order valence-electron chi connectivity index (χ1n) is 6.49. The van der Waals surface area contributed by atoms with E-state index in [2.05, 4.69) is 41.1 Å². The molecule has 0 aliphatic carbocycles. The van der Waals surface area contributed by atoms with Gasteiger partial charge < -0.3 is 9.64 Å². The van der Waals surface area contributed by atoms with E-state index in [4.69, 9.17) is 4.74 Å². The Labute approximate surface area is 122 Å². The van der Waals surface area contributed by atoms with Crippen molar-refractivity contribution in [2.24, 2.45) is 0 Å². The van der Waals surface area contributed by atoms with E-state index in [0.29, 0.717) is 13.2 Å². The van der Waals surface area contributed by atoms with Crippen molar-refractivity contribution in [1.29, 1.82) is 0 Å². The molecule has 0 unspecified atom stereocenters. The molecule has 0 N–H and O–H groups in total. The van der Waals surface area contributed by atoms with Gasteiger partial charge in [-0.05, 0) is 49.1 Å². The van der Waals surface area contributed by atoms with Crippen LogP contribution in [0.2, 0.25) is 0 Å². The normalized spacial score (nSPS) is 15.1. The van der Waals surface area contributed by atoms with E-state index in [1.54, 1.807) is 4.90 Å². The second-order valence-corrected chi connectivity index (χ2v) is 5.51. The maximum absolute atomic E-state index is 11.8. The molecule has 1 aromatic carbocycles. The van der Waals surface area contributed by atoms with Gasteiger partial charge in [0.1, 0.15) is 0 Å². The van der Waals surface area contributed by atoms with Crippen LogP contribution in [0.1, 0.15) is 24.5 Å². The summed E-state index contributed by atoms with van der Waals surface area (Å²) in [4.78, 5) is 13.6. The number of hydrogen-bond acceptors (Lipinski definition) is 2. The molecular weight excluding hydrogens is 306 g/mol. The summed E-state index contributed by atoms with van der Waals surface area (Å²) in [6.45, 7) is 5.69. The predicted molar refractivity (Wildman–Crippen MR) is 80.1 cm³/mol. The SMILES string of the molecule is CCOC(=O)N1CCC=C(c2cc(Br)ccc2C)C1. The fraction of sp³-hybridized carbons (Fsp3) is 0.400. The van der Waals surface area contributed by atoms with Crippen LogP contribution in [0.15, 0.2) is 28.7 Å². The van der Waals surface area contributed by atoms with E-state index in [1.165, 1.54) is 16.7 Å². The third-order valence-electron chi connectivity index (χ3n) is 3.22. The van der Waals surface area contributed by atoms with Crippen molar-refractivity contribution >= 4 is 27.6 Å². The summed E-state index contributed by atoms with van der Waals surface area (Å²) in [5, 5.41) is 0. The predicted octanol–water partition coefficient (Wildman–Crippen LogP) is 4.00. The number of halogens is 1. The third-order valence-corrected chi connectivity index (χ3v) is 3.72. The van der Waals surface area contributed by atoms with Gasteiger partial charge in [0, 0.05) is 17.6 Å². The van der Waals surface area contributed by atoms with Gasteiger partial charge in [-0.2, -0.15) is 0 Å². The highest BCUT2D eigenvalue weighted by Crippen LogP contribution is 2.26. The summed E-state index contributed by atoms with van der Waals surface area (Å²) in [5.41, 5.74) is 3.61. The number of carbonyl (C=O) groups excluding carboxylic acids is 1. The molecule has 1 heterocycles. The van der Waals surface area contributed by atoms with Gasteiger partial charge in [0.2, 0.25) is 0 Å². The van der Waals surface area contributed by atoms with Crippen LogP contribution in [-0.4, -0.2) is 30.7 Å². The maximum atomic E-state index is 11.8. The van der Waals surface area contributed by atoms with Crippen molar-refractivity contribution < 1.29 is 9.53 Å². The number of benzene rings is 1. The fourth-order valence-corrected chi connectivity index (χ4v) is 2.61. The molecule has 0 saturated carbocycles. The van der Waals surface area contributed by atoms with Crippen LogP contribution >= 0.6 is 15.9 Å². The van der Waals surface area contributed by atoms with E-state index in [9.17, 15) is 4.79 Å². The molecule has 1 aliphatic rings. The first-order valence-corrected chi connectivity index (χ1v) is 7.28. The molecule has 0 spiro atoms. The lowest BCUT2D eigenvalue weighted by atomic mass is 9.97. The van der Waals surface area contributed by atoms with Crippen molar-refractivity contribution in [2.75, 3.05) is 19.7 Å². The van der Waals surface area contributed by atoms with E-state index in [0.717, 1.165) is 17.4 Å². The molecule has 1 aromatic rings. The molecule has 0 fully saturated rings. The maximum Gasteiger partial charge on any atom is 0.410 e. The summed E-state index contributed by atoms with van der Waals surface area (Å²) in [6, 6.07) is 6.23. The van der Waals surface area contributed by atoms with Gasteiger partial charge in [-0.15, -0.1) is 0 Å². The van der Waals surface area contributed by atoms with Crippen molar-refractivity contribution in [2.45, 2.75) is 20.3 Å². The Hall–Kier alpha value is -1.29. The van der Waals surface area contributed by atoms with Gasteiger partial charge in [-0.3, -0.25) is 0 Å². The molecule has 0 bridgehead atoms. The standard InChI is InChI=1S/C15H18BrNO2/c1-3-19-15(18)17-8-4-5-12(10-17)14-9-13(16)7-6-11(14)2/h5-7,9H,3-4,8,10H2,1-2H3. The van der Waals surface area contributed by atoms with Gasteiger partial charge in [0.25, 0.3) is 0 Å².